The Bertz CT molecular complexity index is 1020. The fraction of sp³-hybridized carbons (Fsp3) is 0.533. The van der Waals surface area contributed by atoms with Crippen molar-refractivity contribution in [3.05, 3.63) is 27.0 Å². The van der Waals surface area contributed by atoms with Gasteiger partial charge in [0.15, 0.2) is 11.5 Å². The molecule has 1 aliphatic rings. The van der Waals surface area contributed by atoms with Crippen LogP contribution < -0.4 is 11.2 Å². The Kier molecular flexibility index (Phi) is 3.36. The maximum absolute atomic E-state index is 12.2. The number of H-pyrrole nitrogens is 1. The highest BCUT2D eigenvalue weighted by Crippen LogP contribution is 2.28. The normalized spacial score (nSPS) is 16.1. The Morgan fingerprint density at radius 3 is 2.62 bits per heavy atom. The summed E-state index contributed by atoms with van der Waals surface area (Å²) in [6, 6.07) is 0.376. The van der Waals surface area contributed by atoms with Gasteiger partial charge >= 0.3 is 5.69 Å². The molecular weight excluding hydrogens is 310 g/mol. The number of nitrogens with zero attached hydrogens (tertiary/aromatic N) is 6. The van der Waals surface area contributed by atoms with Crippen LogP contribution in [0.5, 0.6) is 0 Å². The minimum atomic E-state index is -0.406. The van der Waals surface area contributed by atoms with E-state index in [0.29, 0.717) is 28.7 Å². The molecular formula is C15H19N7O2. The lowest BCUT2D eigenvalue weighted by Gasteiger charge is -2.20. The molecule has 1 aliphatic carbocycles. The summed E-state index contributed by atoms with van der Waals surface area (Å²) in [5.41, 5.74) is 0.390. The Labute approximate surface area is 136 Å². The lowest BCUT2D eigenvalue weighted by molar-refractivity contribution is 0.324. The van der Waals surface area contributed by atoms with Gasteiger partial charge in [-0.3, -0.25) is 13.9 Å². The zero-order chi connectivity index (χ0) is 16.8. The molecule has 3 heterocycles. The number of aryl methyl sites for hydroxylation is 1. The van der Waals surface area contributed by atoms with Gasteiger partial charge in [-0.2, -0.15) is 0 Å². The monoisotopic (exact) mass is 329 g/mol. The number of imidazole rings is 1. The highest BCUT2D eigenvalue weighted by molar-refractivity contribution is 5.74. The summed E-state index contributed by atoms with van der Waals surface area (Å²) in [6.45, 7) is 0. The van der Waals surface area contributed by atoms with Crippen molar-refractivity contribution in [2.75, 3.05) is 0 Å². The third kappa shape index (κ3) is 2.19. The second-order valence-electron chi connectivity index (χ2n) is 6.37. The van der Waals surface area contributed by atoms with Crippen LogP contribution in [0.25, 0.3) is 22.7 Å². The molecule has 0 spiro atoms. The van der Waals surface area contributed by atoms with Gasteiger partial charge < -0.3 is 4.98 Å². The largest absolute Gasteiger partial charge is 0.332 e. The lowest BCUT2D eigenvalue weighted by atomic mass is 9.96. The molecule has 0 amide bonds. The molecule has 0 unspecified atom stereocenters. The van der Waals surface area contributed by atoms with Crippen molar-refractivity contribution in [3.63, 3.8) is 0 Å². The molecule has 1 N–H and O–H groups in total. The summed E-state index contributed by atoms with van der Waals surface area (Å²) in [5, 5.41) is 8.41. The number of hydrogen-bond acceptors (Lipinski definition) is 5. The van der Waals surface area contributed by atoms with Crippen molar-refractivity contribution < 1.29 is 0 Å². The maximum Gasteiger partial charge on any atom is 0.332 e. The zero-order valence-corrected chi connectivity index (χ0v) is 13.7. The van der Waals surface area contributed by atoms with Crippen LogP contribution in [0.15, 0.2) is 15.8 Å². The van der Waals surface area contributed by atoms with E-state index in [1.807, 2.05) is 10.9 Å². The minimum absolute atomic E-state index is 0.293. The van der Waals surface area contributed by atoms with Crippen LogP contribution in [-0.2, 0) is 14.1 Å². The van der Waals surface area contributed by atoms with Crippen LogP contribution in [0.2, 0.25) is 0 Å². The molecule has 0 aliphatic heterocycles. The van der Waals surface area contributed by atoms with Crippen LogP contribution in [0.3, 0.4) is 0 Å². The van der Waals surface area contributed by atoms with E-state index in [4.69, 9.17) is 0 Å². The molecule has 4 rings (SSSR count). The number of rotatable bonds is 2. The molecule has 0 radical (unpaired) electrons. The number of aromatic nitrogens is 7. The van der Waals surface area contributed by atoms with Crippen LogP contribution in [0.4, 0.5) is 0 Å². The van der Waals surface area contributed by atoms with Gasteiger partial charge in [-0.1, -0.05) is 24.5 Å². The van der Waals surface area contributed by atoms with Gasteiger partial charge in [-0.15, -0.1) is 5.10 Å². The van der Waals surface area contributed by atoms with E-state index in [1.54, 1.807) is 7.05 Å². The summed E-state index contributed by atoms with van der Waals surface area (Å²) < 4.78 is 4.30. The fourth-order valence-electron chi connectivity index (χ4n) is 3.36. The molecule has 0 bridgehead atoms. The zero-order valence-electron chi connectivity index (χ0n) is 13.7. The highest BCUT2D eigenvalue weighted by atomic mass is 16.2. The number of aromatic amines is 1. The first-order valence-corrected chi connectivity index (χ1v) is 8.14. The lowest BCUT2D eigenvalue weighted by Crippen LogP contribution is -2.36. The van der Waals surface area contributed by atoms with Gasteiger partial charge in [0.2, 0.25) is 0 Å². The Morgan fingerprint density at radius 1 is 1.12 bits per heavy atom. The predicted molar refractivity (Wildman–Crippen MR) is 87.7 cm³/mol. The van der Waals surface area contributed by atoms with Crippen LogP contribution in [0.1, 0.15) is 38.1 Å². The van der Waals surface area contributed by atoms with Crippen molar-refractivity contribution in [3.8, 4) is 11.5 Å². The molecule has 9 heteroatoms. The van der Waals surface area contributed by atoms with Crippen molar-refractivity contribution in [2.24, 2.45) is 14.1 Å². The first-order valence-electron chi connectivity index (χ1n) is 8.14. The van der Waals surface area contributed by atoms with Crippen molar-refractivity contribution >= 4 is 11.2 Å². The molecule has 9 nitrogen and oxygen atoms in total. The van der Waals surface area contributed by atoms with Crippen LogP contribution in [0, 0.1) is 0 Å². The van der Waals surface area contributed by atoms with E-state index in [9.17, 15) is 9.59 Å². The fourth-order valence-corrected chi connectivity index (χ4v) is 3.36. The van der Waals surface area contributed by atoms with E-state index in [1.165, 1.54) is 30.9 Å². The Hall–Kier alpha value is -2.71. The van der Waals surface area contributed by atoms with Gasteiger partial charge in [0, 0.05) is 14.1 Å². The van der Waals surface area contributed by atoms with E-state index in [2.05, 4.69) is 20.3 Å². The average molecular weight is 329 g/mol. The molecule has 3 aromatic rings. The summed E-state index contributed by atoms with van der Waals surface area (Å²) in [6.07, 6.45) is 7.77. The summed E-state index contributed by atoms with van der Waals surface area (Å²) in [7, 11) is 3.04. The van der Waals surface area contributed by atoms with Crippen molar-refractivity contribution in [1.29, 1.82) is 0 Å². The average Bonchev–Trinajstić information content (AvgIpc) is 3.26. The van der Waals surface area contributed by atoms with Gasteiger partial charge in [0.1, 0.15) is 11.2 Å². The van der Waals surface area contributed by atoms with E-state index in [0.717, 1.165) is 17.4 Å². The van der Waals surface area contributed by atoms with E-state index >= 15 is 0 Å². The molecule has 0 aromatic carbocycles. The smallest absolute Gasteiger partial charge is 0.331 e. The molecule has 0 atom stereocenters. The predicted octanol–water partition coefficient (Wildman–Crippen LogP) is 0.724. The van der Waals surface area contributed by atoms with E-state index in [-0.39, 0.29) is 0 Å². The first-order chi connectivity index (χ1) is 11.6. The maximum atomic E-state index is 12.2. The molecule has 24 heavy (non-hydrogen) atoms. The summed E-state index contributed by atoms with van der Waals surface area (Å²) in [4.78, 5) is 31.6. The van der Waals surface area contributed by atoms with Crippen molar-refractivity contribution in [1.82, 2.24) is 34.1 Å². The number of hydrogen-bond donors (Lipinski definition) is 1. The van der Waals surface area contributed by atoms with Gasteiger partial charge in [-0.05, 0) is 12.8 Å². The van der Waals surface area contributed by atoms with Gasteiger partial charge in [-0.25, -0.2) is 14.5 Å². The summed E-state index contributed by atoms with van der Waals surface area (Å²) >= 11 is 0. The Morgan fingerprint density at radius 2 is 1.88 bits per heavy atom. The highest BCUT2D eigenvalue weighted by Gasteiger charge is 2.19. The molecule has 1 fully saturated rings. The standard InChI is InChI=1S/C15H19N7O2/c1-20-13-11(14(23)21(2)15(20)24)16-12(17-13)10-8-22(19-18-10)9-6-4-3-5-7-9/h8-9H,3-7H2,1-2H3,(H,16,17). The quantitative estimate of drug-likeness (QED) is 0.746. The first kappa shape index (κ1) is 14.9. The molecule has 0 saturated heterocycles. The second kappa shape index (κ2) is 5.43. The molecule has 126 valence electrons. The third-order valence-electron chi connectivity index (χ3n) is 4.80. The number of nitrogens with one attached hydrogen (secondary N) is 1. The van der Waals surface area contributed by atoms with Crippen LogP contribution in [-0.4, -0.2) is 34.1 Å². The van der Waals surface area contributed by atoms with Gasteiger partial charge in [0.05, 0.1) is 12.2 Å². The van der Waals surface area contributed by atoms with Crippen LogP contribution >= 0.6 is 0 Å². The van der Waals surface area contributed by atoms with Gasteiger partial charge in [0.25, 0.3) is 5.56 Å². The second-order valence-corrected chi connectivity index (χ2v) is 6.37. The SMILES string of the molecule is Cn1c(=O)c2[nH]c(-c3cn(C4CCCCC4)nn3)nc2n(C)c1=O. The summed E-state index contributed by atoms with van der Waals surface area (Å²) in [5.74, 6) is 0.449. The third-order valence-corrected chi connectivity index (χ3v) is 4.80. The molecule has 1 saturated carbocycles. The molecule has 3 aromatic heterocycles. The number of fused-ring (bicyclic) bond motifs is 1. The van der Waals surface area contributed by atoms with E-state index < -0.39 is 11.2 Å². The topological polar surface area (TPSA) is 103 Å². The minimum Gasteiger partial charge on any atom is -0.331 e. The Balaban J connectivity index is 1.79. The van der Waals surface area contributed by atoms with Crippen molar-refractivity contribution in [2.45, 2.75) is 38.1 Å².